The van der Waals surface area contributed by atoms with Crippen molar-refractivity contribution in [3.05, 3.63) is 0 Å². The highest BCUT2D eigenvalue weighted by Gasteiger charge is 2.31. The predicted molar refractivity (Wildman–Crippen MR) is 69.0 cm³/mol. The zero-order chi connectivity index (χ0) is 13.0. The Kier molecular flexibility index (Phi) is 4.58. The summed E-state index contributed by atoms with van der Waals surface area (Å²) >= 11 is 0. The van der Waals surface area contributed by atoms with Gasteiger partial charge in [0.2, 0.25) is 11.8 Å². The molecule has 2 aliphatic rings. The molecule has 0 bridgehead atoms. The molecule has 0 radical (unpaired) electrons. The maximum atomic E-state index is 12.4. The van der Waals surface area contributed by atoms with Crippen LogP contribution in [0.3, 0.4) is 0 Å². The number of likely N-dealkylation sites (tertiary alicyclic amines) is 1. The van der Waals surface area contributed by atoms with Crippen molar-refractivity contribution in [1.29, 1.82) is 0 Å². The first-order valence-corrected chi connectivity index (χ1v) is 6.99. The number of nitrogens with one attached hydrogen (secondary N) is 1. The Hall–Kier alpha value is -1.10. The summed E-state index contributed by atoms with van der Waals surface area (Å²) in [6.07, 6.45) is 2.42. The second kappa shape index (κ2) is 6.18. The molecule has 1 atom stereocenters. The van der Waals surface area contributed by atoms with Crippen LogP contribution in [0, 0.1) is 5.92 Å². The smallest absolute Gasteiger partial charge is 0.227 e. The summed E-state index contributed by atoms with van der Waals surface area (Å²) in [5, 5.41) is 3.25. The molecule has 5 nitrogen and oxygen atoms in total. The lowest BCUT2D eigenvalue weighted by atomic mass is 9.96. The zero-order valence-corrected chi connectivity index (χ0v) is 11.2. The average molecular weight is 253 g/mol. The van der Waals surface area contributed by atoms with Gasteiger partial charge in [-0.15, -0.1) is 0 Å². The maximum Gasteiger partial charge on any atom is 0.227 e. The Morgan fingerprint density at radius 3 is 2.56 bits per heavy atom. The molecule has 102 valence electrons. The second-order valence-electron chi connectivity index (χ2n) is 5.11. The summed E-state index contributed by atoms with van der Waals surface area (Å²) < 4.78 is 0. The standard InChI is InChI=1S/C13H23N3O2/c1-2-12(17)16-7-3-4-11(10-16)13(18)15-8-5-14-6-9-15/h11,14H,2-10H2,1H3. The maximum absolute atomic E-state index is 12.4. The summed E-state index contributed by atoms with van der Waals surface area (Å²) in [6, 6.07) is 0. The van der Waals surface area contributed by atoms with Crippen LogP contribution in [0.2, 0.25) is 0 Å². The van der Waals surface area contributed by atoms with Crippen molar-refractivity contribution in [3.63, 3.8) is 0 Å². The van der Waals surface area contributed by atoms with Crippen molar-refractivity contribution < 1.29 is 9.59 Å². The highest BCUT2D eigenvalue weighted by atomic mass is 16.2. The minimum absolute atomic E-state index is 0.0207. The molecule has 0 spiro atoms. The lowest BCUT2D eigenvalue weighted by Gasteiger charge is -2.36. The number of carbonyl (C=O) groups is 2. The van der Waals surface area contributed by atoms with Crippen LogP contribution in [-0.2, 0) is 9.59 Å². The van der Waals surface area contributed by atoms with Crippen LogP contribution >= 0.6 is 0 Å². The minimum atomic E-state index is 0.0207. The Balaban J connectivity index is 1.91. The fraction of sp³-hybridized carbons (Fsp3) is 0.846. The molecule has 2 rings (SSSR count). The Morgan fingerprint density at radius 1 is 1.17 bits per heavy atom. The first kappa shape index (κ1) is 13.3. The largest absolute Gasteiger partial charge is 0.342 e. The average Bonchev–Trinajstić information content (AvgIpc) is 2.46. The van der Waals surface area contributed by atoms with Gasteiger partial charge in [0.05, 0.1) is 5.92 Å². The predicted octanol–water partition coefficient (Wildman–Crippen LogP) is 0.0668. The molecular weight excluding hydrogens is 230 g/mol. The molecule has 0 saturated carbocycles. The molecule has 0 aliphatic carbocycles. The van der Waals surface area contributed by atoms with Crippen LogP contribution in [0.5, 0.6) is 0 Å². The van der Waals surface area contributed by atoms with Crippen molar-refractivity contribution in [2.45, 2.75) is 26.2 Å². The molecule has 1 unspecified atom stereocenters. The van der Waals surface area contributed by atoms with Crippen LogP contribution in [0.25, 0.3) is 0 Å². The number of hydrogen-bond donors (Lipinski definition) is 1. The lowest BCUT2D eigenvalue weighted by Crippen LogP contribution is -2.51. The van der Waals surface area contributed by atoms with E-state index in [0.29, 0.717) is 13.0 Å². The van der Waals surface area contributed by atoms with Gasteiger partial charge in [0, 0.05) is 45.7 Å². The van der Waals surface area contributed by atoms with Crippen molar-refractivity contribution in [2.24, 2.45) is 5.92 Å². The van der Waals surface area contributed by atoms with Gasteiger partial charge >= 0.3 is 0 Å². The minimum Gasteiger partial charge on any atom is -0.342 e. The molecule has 2 saturated heterocycles. The summed E-state index contributed by atoms with van der Waals surface area (Å²) in [5.41, 5.74) is 0. The van der Waals surface area contributed by atoms with Crippen molar-refractivity contribution in [3.8, 4) is 0 Å². The van der Waals surface area contributed by atoms with Crippen molar-refractivity contribution >= 4 is 11.8 Å². The summed E-state index contributed by atoms with van der Waals surface area (Å²) in [4.78, 5) is 27.9. The van der Waals surface area contributed by atoms with E-state index in [0.717, 1.165) is 45.6 Å². The van der Waals surface area contributed by atoms with E-state index < -0.39 is 0 Å². The Labute approximate surface area is 108 Å². The molecule has 2 aliphatic heterocycles. The van der Waals surface area contributed by atoms with E-state index in [1.807, 2.05) is 16.7 Å². The molecule has 2 amide bonds. The van der Waals surface area contributed by atoms with Gasteiger partial charge in [-0.3, -0.25) is 9.59 Å². The van der Waals surface area contributed by atoms with Gasteiger partial charge in [-0.05, 0) is 12.8 Å². The first-order valence-electron chi connectivity index (χ1n) is 6.99. The van der Waals surface area contributed by atoms with E-state index in [1.165, 1.54) is 0 Å². The fourth-order valence-electron chi connectivity index (χ4n) is 2.77. The zero-order valence-electron chi connectivity index (χ0n) is 11.2. The molecule has 2 fully saturated rings. The summed E-state index contributed by atoms with van der Waals surface area (Å²) in [7, 11) is 0. The molecule has 18 heavy (non-hydrogen) atoms. The first-order chi connectivity index (χ1) is 8.72. The molecule has 5 heteroatoms. The van der Waals surface area contributed by atoms with Gasteiger partial charge in [0.25, 0.3) is 0 Å². The molecule has 0 aromatic carbocycles. The van der Waals surface area contributed by atoms with Gasteiger partial charge in [0.1, 0.15) is 0 Å². The van der Waals surface area contributed by atoms with Gasteiger partial charge in [-0.25, -0.2) is 0 Å². The number of piperidine rings is 1. The third-order valence-electron chi connectivity index (χ3n) is 3.85. The number of carbonyl (C=O) groups excluding carboxylic acids is 2. The number of rotatable bonds is 2. The molecule has 1 N–H and O–H groups in total. The van der Waals surface area contributed by atoms with Crippen LogP contribution in [0.4, 0.5) is 0 Å². The van der Waals surface area contributed by atoms with Crippen molar-refractivity contribution in [1.82, 2.24) is 15.1 Å². The Morgan fingerprint density at radius 2 is 1.89 bits per heavy atom. The topological polar surface area (TPSA) is 52.7 Å². The van der Waals surface area contributed by atoms with Crippen LogP contribution in [-0.4, -0.2) is 60.9 Å². The number of hydrogen-bond acceptors (Lipinski definition) is 3. The van der Waals surface area contributed by atoms with E-state index in [4.69, 9.17) is 0 Å². The van der Waals surface area contributed by atoms with Crippen molar-refractivity contribution in [2.75, 3.05) is 39.3 Å². The second-order valence-corrected chi connectivity index (χ2v) is 5.11. The van der Waals surface area contributed by atoms with E-state index in [2.05, 4.69) is 5.32 Å². The van der Waals surface area contributed by atoms with E-state index >= 15 is 0 Å². The molecular formula is C13H23N3O2. The normalized spacial score (nSPS) is 25.1. The number of amides is 2. The van der Waals surface area contributed by atoms with E-state index in [-0.39, 0.29) is 17.7 Å². The SMILES string of the molecule is CCC(=O)N1CCCC(C(=O)N2CCNCC2)C1. The molecule has 0 aromatic rings. The van der Waals surface area contributed by atoms with Gasteiger partial charge < -0.3 is 15.1 Å². The molecule has 2 heterocycles. The third kappa shape index (κ3) is 3.02. The van der Waals surface area contributed by atoms with Gasteiger partial charge in [-0.1, -0.05) is 6.92 Å². The van der Waals surface area contributed by atoms with Crippen LogP contribution < -0.4 is 5.32 Å². The highest BCUT2D eigenvalue weighted by molar-refractivity contribution is 5.81. The van der Waals surface area contributed by atoms with Gasteiger partial charge in [-0.2, -0.15) is 0 Å². The van der Waals surface area contributed by atoms with Crippen LogP contribution in [0.15, 0.2) is 0 Å². The Bertz CT molecular complexity index is 313. The molecule has 0 aromatic heterocycles. The van der Waals surface area contributed by atoms with E-state index in [9.17, 15) is 9.59 Å². The quantitative estimate of drug-likeness (QED) is 0.757. The van der Waals surface area contributed by atoms with E-state index in [1.54, 1.807) is 0 Å². The monoisotopic (exact) mass is 253 g/mol. The lowest BCUT2D eigenvalue weighted by molar-refractivity contribution is -0.141. The number of piperazine rings is 1. The van der Waals surface area contributed by atoms with Crippen LogP contribution in [0.1, 0.15) is 26.2 Å². The summed E-state index contributed by atoms with van der Waals surface area (Å²) in [5.74, 6) is 0.435. The third-order valence-corrected chi connectivity index (χ3v) is 3.85. The summed E-state index contributed by atoms with van der Waals surface area (Å²) in [6.45, 7) is 6.69. The highest BCUT2D eigenvalue weighted by Crippen LogP contribution is 2.19. The van der Waals surface area contributed by atoms with Gasteiger partial charge in [0.15, 0.2) is 0 Å². The number of nitrogens with zero attached hydrogens (tertiary/aromatic N) is 2. The fourth-order valence-corrected chi connectivity index (χ4v) is 2.77.